The molecule has 0 aliphatic carbocycles. The summed E-state index contributed by atoms with van der Waals surface area (Å²) in [6.45, 7) is 6.59. The van der Waals surface area contributed by atoms with Gasteiger partial charge in [-0.3, -0.25) is 4.84 Å². The summed E-state index contributed by atoms with van der Waals surface area (Å²) in [5.41, 5.74) is 0. The molecule has 0 radical (unpaired) electrons. The molecule has 0 amide bonds. The van der Waals surface area contributed by atoms with Gasteiger partial charge in [-0.05, 0) is 0 Å². The van der Waals surface area contributed by atoms with Crippen molar-refractivity contribution in [1.82, 2.24) is 5.06 Å². The second-order valence-electron chi connectivity index (χ2n) is 2.23. The molecule has 0 aromatic carbocycles. The fourth-order valence-electron chi connectivity index (χ4n) is 0.756. The van der Waals surface area contributed by atoms with Crippen molar-refractivity contribution in [3.05, 3.63) is 0 Å². The van der Waals surface area contributed by atoms with Crippen molar-refractivity contribution in [3.63, 3.8) is 0 Å². The van der Waals surface area contributed by atoms with Crippen molar-refractivity contribution in [2.75, 3.05) is 13.7 Å². The van der Waals surface area contributed by atoms with Crippen molar-refractivity contribution in [2.24, 2.45) is 5.92 Å². The van der Waals surface area contributed by atoms with Crippen molar-refractivity contribution < 1.29 is 9.94 Å². The van der Waals surface area contributed by atoms with Gasteiger partial charge in [-0.1, -0.05) is 20.8 Å². The summed E-state index contributed by atoms with van der Waals surface area (Å²) >= 11 is 0. The Morgan fingerprint density at radius 1 is 1.50 bits per heavy atom. The fraction of sp³-hybridized carbons (Fsp3) is 1.00. The molecular formula is C7H17NO2. The molecule has 2 atom stereocenters. The summed E-state index contributed by atoms with van der Waals surface area (Å²) < 4.78 is 0. The zero-order chi connectivity index (χ0) is 8.15. The summed E-state index contributed by atoms with van der Waals surface area (Å²) in [6, 6.07) is 0. The van der Waals surface area contributed by atoms with Crippen LogP contribution >= 0.6 is 0 Å². The monoisotopic (exact) mass is 147 g/mol. The van der Waals surface area contributed by atoms with Crippen LogP contribution in [-0.2, 0) is 4.84 Å². The van der Waals surface area contributed by atoms with Crippen LogP contribution < -0.4 is 0 Å². The van der Waals surface area contributed by atoms with Crippen LogP contribution in [0.2, 0.25) is 0 Å². The highest BCUT2D eigenvalue weighted by molar-refractivity contribution is 4.63. The lowest BCUT2D eigenvalue weighted by molar-refractivity contribution is -0.161. The Morgan fingerprint density at radius 3 is 2.10 bits per heavy atom. The van der Waals surface area contributed by atoms with Gasteiger partial charge in [0.2, 0.25) is 0 Å². The van der Waals surface area contributed by atoms with E-state index in [1.807, 2.05) is 20.8 Å². The quantitative estimate of drug-likeness (QED) is 0.551. The molecule has 1 heterocycles. The Hall–Kier alpha value is -0.120. The molecule has 0 bridgehead atoms. The van der Waals surface area contributed by atoms with E-state index in [1.54, 1.807) is 7.05 Å². The minimum Gasteiger partial charge on any atom is -0.376 e. The minimum absolute atomic E-state index is 0.250. The number of hydroxylamine groups is 2. The molecule has 0 spiro atoms. The molecule has 1 saturated heterocycles. The average molecular weight is 147 g/mol. The summed E-state index contributed by atoms with van der Waals surface area (Å²) in [7, 11) is 1.73. The molecular weight excluding hydrogens is 130 g/mol. The molecule has 0 aromatic rings. The van der Waals surface area contributed by atoms with Crippen LogP contribution in [0.5, 0.6) is 0 Å². The normalized spacial score (nSPS) is 33.3. The van der Waals surface area contributed by atoms with Crippen molar-refractivity contribution in [3.8, 4) is 0 Å². The van der Waals surface area contributed by atoms with Crippen LogP contribution in [-0.4, -0.2) is 30.1 Å². The largest absolute Gasteiger partial charge is 0.376 e. The third-order valence-electron chi connectivity index (χ3n) is 1.42. The SMILES string of the molecule is CC.CC1CON(C)C1O. The molecule has 0 aromatic heterocycles. The number of aliphatic hydroxyl groups is 1. The first kappa shape index (κ1) is 9.88. The zero-order valence-electron chi connectivity index (χ0n) is 7.16. The van der Waals surface area contributed by atoms with E-state index < -0.39 is 6.23 Å². The second kappa shape index (κ2) is 4.66. The lowest BCUT2D eigenvalue weighted by Gasteiger charge is -2.12. The number of hydrogen-bond acceptors (Lipinski definition) is 3. The average Bonchev–Trinajstić information content (AvgIpc) is 2.25. The lowest BCUT2D eigenvalue weighted by atomic mass is 10.2. The van der Waals surface area contributed by atoms with Gasteiger partial charge in [0.25, 0.3) is 0 Å². The van der Waals surface area contributed by atoms with Crippen LogP contribution in [0.4, 0.5) is 0 Å². The first-order chi connectivity index (χ1) is 4.72. The summed E-state index contributed by atoms with van der Waals surface area (Å²) in [5.74, 6) is 0.250. The van der Waals surface area contributed by atoms with Gasteiger partial charge in [-0.2, -0.15) is 5.06 Å². The van der Waals surface area contributed by atoms with Crippen LogP contribution in [0.3, 0.4) is 0 Å². The van der Waals surface area contributed by atoms with E-state index in [1.165, 1.54) is 5.06 Å². The van der Waals surface area contributed by atoms with E-state index in [-0.39, 0.29) is 5.92 Å². The molecule has 1 N–H and O–H groups in total. The topological polar surface area (TPSA) is 32.7 Å². The van der Waals surface area contributed by atoms with Crippen molar-refractivity contribution >= 4 is 0 Å². The maximum atomic E-state index is 9.07. The lowest BCUT2D eigenvalue weighted by Crippen LogP contribution is -2.26. The molecule has 1 rings (SSSR count). The molecule has 2 unspecified atom stereocenters. The highest BCUT2D eigenvalue weighted by atomic mass is 16.7. The standard InChI is InChI=1S/C5H11NO2.C2H6/c1-4-3-8-6(2)5(4)7;1-2/h4-5,7H,3H2,1-2H3;1-2H3. The smallest absolute Gasteiger partial charge is 0.134 e. The van der Waals surface area contributed by atoms with Gasteiger partial charge in [0.05, 0.1) is 6.61 Å². The van der Waals surface area contributed by atoms with Gasteiger partial charge in [0, 0.05) is 13.0 Å². The molecule has 62 valence electrons. The van der Waals surface area contributed by atoms with E-state index in [0.29, 0.717) is 6.61 Å². The van der Waals surface area contributed by atoms with Crippen LogP contribution in [0.15, 0.2) is 0 Å². The molecule has 1 fully saturated rings. The molecule has 3 heteroatoms. The maximum absolute atomic E-state index is 9.07. The second-order valence-corrected chi connectivity index (χ2v) is 2.23. The number of nitrogens with zero attached hydrogens (tertiary/aromatic N) is 1. The van der Waals surface area contributed by atoms with Crippen LogP contribution in [0.1, 0.15) is 20.8 Å². The zero-order valence-corrected chi connectivity index (χ0v) is 7.16. The molecule has 10 heavy (non-hydrogen) atoms. The third kappa shape index (κ3) is 2.25. The van der Waals surface area contributed by atoms with Crippen molar-refractivity contribution in [2.45, 2.75) is 27.0 Å². The first-order valence-corrected chi connectivity index (χ1v) is 3.75. The Morgan fingerprint density at radius 2 is 2.00 bits per heavy atom. The Bertz CT molecular complexity index is 77.7. The van der Waals surface area contributed by atoms with Gasteiger partial charge in [-0.15, -0.1) is 0 Å². The molecule has 1 aliphatic heterocycles. The summed E-state index contributed by atoms with van der Waals surface area (Å²) in [6.07, 6.45) is -0.407. The van der Waals surface area contributed by atoms with Gasteiger partial charge >= 0.3 is 0 Å². The third-order valence-corrected chi connectivity index (χ3v) is 1.42. The Balaban J connectivity index is 0.000000371. The summed E-state index contributed by atoms with van der Waals surface area (Å²) in [4.78, 5) is 4.96. The molecule has 3 nitrogen and oxygen atoms in total. The summed E-state index contributed by atoms with van der Waals surface area (Å²) in [5, 5.41) is 10.5. The van der Waals surface area contributed by atoms with Crippen molar-refractivity contribution in [1.29, 1.82) is 0 Å². The van der Waals surface area contributed by atoms with E-state index >= 15 is 0 Å². The highest BCUT2D eigenvalue weighted by Gasteiger charge is 2.26. The number of hydrogen-bond donors (Lipinski definition) is 1. The van der Waals surface area contributed by atoms with Gasteiger partial charge in [-0.25, -0.2) is 0 Å². The molecule has 1 aliphatic rings. The first-order valence-electron chi connectivity index (χ1n) is 3.75. The predicted octanol–water partition coefficient (Wildman–Crippen LogP) is 0.844. The van der Waals surface area contributed by atoms with E-state index in [0.717, 1.165) is 0 Å². The van der Waals surface area contributed by atoms with Crippen LogP contribution in [0, 0.1) is 5.92 Å². The minimum atomic E-state index is -0.407. The van der Waals surface area contributed by atoms with E-state index in [4.69, 9.17) is 9.94 Å². The Kier molecular flexibility index (Phi) is 4.60. The van der Waals surface area contributed by atoms with Crippen LogP contribution in [0.25, 0.3) is 0 Å². The number of aliphatic hydroxyl groups excluding tert-OH is 1. The number of rotatable bonds is 0. The fourth-order valence-corrected chi connectivity index (χ4v) is 0.756. The van der Waals surface area contributed by atoms with Gasteiger partial charge in [0.1, 0.15) is 6.23 Å². The van der Waals surface area contributed by atoms with Gasteiger partial charge in [0.15, 0.2) is 0 Å². The maximum Gasteiger partial charge on any atom is 0.134 e. The van der Waals surface area contributed by atoms with E-state index in [9.17, 15) is 0 Å². The Labute approximate surface area is 62.6 Å². The predicted molar refractivity (Wildman–Crippen MR) is 40.2 cm³/mol. The van der Waals surface area contributed by atoms with Gasteiger partial charge < -0.3 is 5.11 Å². The van der Waals surface area contributed by atoms with E-state index in [2.05, 4.69) is 0 Å². The molecule has 0 saturated carbocycles. The highest BCUT2D eigenvalue weighted by Crippen LogP contribution is 2.15.